The Morgan fingerprint density at radius 1 is 1.30 bits per heavy atom. The van der Waals surface area contributed by atoms with E-state index in [0.29, 0.717) is 31.0 Å². The van der Waals surface area contributed by atoms with E-state index in [1.807, 2.05) is 12.1 Å². The maximum absolute atomic E-state index is 12.2. The third kappa shape index (κ3) is 4.30. The highest BCUT2D eigenvalue weighted by Crippen LogP contribution is 2.39. The second kappa shape index (κ2) is 7.10. The Labute approximate surface area is 133 Å². The molecule has 0 aromatic heterocycles. The van der Waals surface area contributed by atoms with Crippen molar-refractivity contribution in [2.75, 3.05) is 27.3 Å². The molecule has 0 bridgehead atoms. The van der Waals surface area contributed by atoms with Gasteiger partial charge in [0.25, 0.3) is 0 Å². The Morgan fingerprint density at radius 3 is 2.65 bits per heavy atom. The molecule has 0 unspecified atom stereocenters. The van der Waals surface area contributed by atoms with Crippen molar-refractivity contribution in [1.29, 1.82) is 0 Å². The molecular formula is C16H20F3NO3. The highest BCUT2D eigenvalue weighted by Gasteiger charge is 2.33. The minimum atomic E-state index is -4.30. The van der Waals surface area contributed by atoms with Gasteiger partial charge < -0.3 is 14.4 Å². The number of halogens is 3. The molecule has 23 heavy (non-hydrogen) atoms. The number of amides is 1. The van der Waals surface area contributed by atoms with Crippen molar-refractivity contribution in [2.24, 2.45) is 0 Å². The lowest BCUT2D eigenvalue weighted by Gasteiger charge is -2.19. The smallest absolute Gasteiger partial charge is 0.389 e. The summed E-state index contributed by atoms with van der Waals surface area (Å²) < 4.78 is 47.3. The molecule has 0 N–H and O–H groups in total. The van der Waals surface area contributed by atoms with Crippen molar-refractivity contribution >= 4 is 5.91 Å². The van der Waals surface area contributed by atoms with Crippen molar-refractivity contribution in [3.8, 4) is 11.5 Å². The number of carbonyl (C=O) groups is 1. The SMILES string of the molecule is COc1cccc([C@H]2CCN(C(=O)CCC(F)(F)F)C2)c1OC. The number of benzene rings is 1. The number of methoxy groups -OCH3 is 2. The van der Waals surface area contributed by atoms with Crippen LogP contribution >= 0.6 is 0 Å². The van der Waals surface area contributed by atoms with Crippen LogP contribution in [0, 0.1) is 0 Å². The van der Waals surface area contributed by atoms with Gasteiger partial charge in [-0.15, -0.1) is 0 Å². The van der Waals surface area contributed by atoms with Gasteiger partial charge in [-0.05, 0) is 12.5 Å². The molecule has 1 aromatic rings. The molecular weight excluding hydrogens is 311 g/mol. The van der Waals surface area contributed by atoms with E-state index in [9.17, 15) is 18.0 Å². The van der Waals surface area contributed by atoms with Gasteiger partial charge in [0.2, 0.25) is 5.91 Å². The maximum Gasteiger partial charge on any atom is 0.389 e. The average molecular weight is 331 g/mol. The number of nitrogens with zero attached hydrogens (tertiary/aromatic N) is 1. The largest absolute Gasteiger partial charge is 0.493 e. The van der Waals surface area contributed by atoms with Gasteiger partial charge in [0.05, 0.1) is 20.6 Å². The number of hydrogen-bond donors (Lipinski definition) is 0. The van der Waals surface area contributed by atoms with Crippen LogP contribution in [0.3, 0.4) is 0 Å². The van der Waals surface area contributed by atoms with Crippen LogP contribution in [-0.4, -0.2) is 44.3 Å². The molecule has 0 spiro atoms. The predicted octanol–water partition coefficient (Wildman–Crippen LogP) is 3.36. The molecule has 7 heteroatoms. The zero-order valence-electron chi connectivity index (χ0n) is 13.2. The minimum Gasteiger partial charge on any atom is -0.493 e. The highest BCUT2D eigenvalue weighted by molar-refractivity contribution is 5.76. The first-order valence-electron chi connectivity index (χ1n) is 7.41. The lowest BCUT2D eigenvalue weighted by Crippen LogP contribution is -2.29. The molecule has 4 nitrogen and oxygen atoms in total. The fourth-order valence-electron chi connectivity index (χ4n) is 2.88. The van der Waals surface area contributed by atoms with E-state index in [4.69, 9.17) is 9.47 Å². The van der Waals surface area contributed by atoms with Crippen LogP contribution < -0.4 is 9.47 Å². The molecule has 1 aromatic carbocycles. The zero-order valence-corrected chi connectivity index (χ0v) is 13.2. The third-order valence-electron chi connectivity index (χ3n) is 4.04. The van der Waals surface area contributed by atoms with Crippen LogP contribution in [0.15, 0.2) is 18.2 Å². The summed E-state index contributed by atoms with van der Waals surface area (Å²) >= 11 is 0. The Kier molecular flexibility index (Phi) is 5.38. The topological polar surface area (TPSA) is 38.8 Å². The number of alkyl halides is 3. The van der Waals surface area contributed by atoms with Crippen molar-refractivity contribution < 1.29 is 27.4 Å². The molecule has 0 radical (unpaired) electrons. The molecule has 0 saturated carbocycles. The van der Waals surface area contributed by atoms with E-state index in [0.717, 1.165) is 5.56 Å². The molecule has 1 amide bonds. The molecule has 1 aliphatic rings. The minimum absolute atomic E-state index is 0.0369. The van der Waals surface area contributed by atoms with Crippen molar-refractivity contribution in [1.82, 2.24) is 4.90 Å². The molecule has 2 rings (SSSR count). The van der Waals surface area contributed by atoms with Crippen LogP contribution in [0.25, 0.3) is 0 Å². The van der Waals surface area contributed by atoms with E-state index in [-0.39, 0.29) is 5.92 Å². The lowest BCUT2D eigenvalue weighted by atomic mass is 9.97. The van der Waals surface area contributed by atoms with Gasteiger partial charge in [0, 0.05) is 31.0 Å². The number of para-hydroxylation sites is 1. The molecule has 1 heterocycles. The summed E-state index contributed by atoms with van der Waals surface area (Å²) in [5.41, 5.74) is 0.915. The quantitative estimate of drug-likeness (QED) is 0.830. The normalized spacial score (nSPS) is 18.1. The zero-order chi connectivity index (χ0) is 17.0. The van der Waals surface area contributed by atoms with E-state index >= 15 is 0 Å². The number of hydrogen-bond acceptors (Lipinski definition) is 3. The maximum atomic E-state index is 12.2. The Morgan fingerprint density at radius 2 is 2.04 bits per heavy atom. The van der Waals surface area contributed by atoms with Crippen molar-refractivity contribution in [2.45, 2.75) is 31.4 Å². The van der Waals surface area contributed by atoms with Gasteiger partial charge >= 0.3 is 6.18 Å². The summed E-state index contributed by atoms with van der Waals surface area (Å²) in [6.07, 6.45) is -5.17. The van der Waals surface area contributed by atoms with Gasteiger partial charge in [0.15, 0.2) is 11.5 Å². The van der Waals surface area contributed by atoms with Crippen LogP contribution in [0.1, 0.15) is 30.7 Å². The molecule has 1 aliphatic heterocycles. The average Bonchev–Trinajstić information content (AvgIpc) is 3.00. The monoisotopic (exact) mass is 331 g/mol. The second-order valence-electron chi connectivity index (χ2n) is 5.52. The van der Waals surface area contributed by atoms with E-state index < -0.39 is 24.9 Å². The van der Waals surface area contributed by atoms with Crippen LogP contribution in [0.4, 0.5) is 13.2 Å². The number of ether oxygens (including phenoxy) is 2. The van der Waals surface area contributed by atoms with Gasteiger partial charge in [-0.1, -0.05) is 12.1 Å². The molecule has 128 valence electrons. The number of carbonyl (C=O) groups excluding carboxylic acids is 1. The fourth-order valence-corrected chi connectivity index (χ4v) is 2.88. The summed E-state index contributed by atoms with van der Waals surface area (Å²) in [6, 6.07) is 5.52. The van der Waals surface area contributed by atoms with E-state index in [1.165, 1.54) is 4.90 Å². The van der Waals surface area contributed by atoms with Crippen LogP contribution in [0.2, 0.25) is 0 Å². The van der Waals surface area contributed by atoms with Gasteiger partial charge in [-0.3, -0.25) is 4.79 Å². The predicted molar refractivity (Wildman–Crippen MR) is 78.8 cm³/mol. The molecule has 1 saturated heterocycles. The van der Waals surface area contributed by atoms with E-state index in [2.05, 4.69) is 0 Å². The summed E-state index contributed by atoms with van der Waals surface area (Å²) in [5, 5.41) is 0. The molecule has 1 fully saturated rings. The van der Waals surface area contributed by atoms with Gasteiger partial charge in [-0.25, -0.2) is 0 Å². The Balaban J connectivity index is 2.04. The fraction of sp³-hybridized carbons (Fsp3) is 0.562. The first-order chi connectivity index (χ1) is 10.9. The standard InChI is InChI=1S/C16H20F3NO3/c1-22-13-5-3-4-12(15(13)23-2)11-7-9-20(10-11)14(21)6-8-16(17,18)19/h3-5,11H,6-10H2,1-2H3/t11-/m0/s1. The Bertz CT molecular complexity index is 560. The first-order valence-corrected chi connectivity index (χ1v) is 7.41. The van der Waals surface area contributed by atoms with E-state index in [1.54, 1.807) is 20.3 Å². The van der Waals surface area contributed by atoms with Crippen LogP contribution in [0.5, 0.6) is 11.5 Å². The summed E-state index contributed by atoms with van der Waals surface area (Å²) in [4.78, 5) is 13.4. The number of rotatable bonds is 5. The second-order valence-corrected chi connectivity index (χ2v) is 5.52. The lowest BCUT2D eigenvalue weighted by molar-refractivity contribution is -0.148. The van der Waals surface area contributed by atoms with Gasteiger partial charge in [0.1, 0.15) is 0 Å². The number of likely N-dealkylation sites (tertiary alicyclic amines) is 1. The summed E-state index contributed by atoms with van der Waals surface area (Å²) in [7, 11) is 3.09. The molecule has 0 aliphatic carbocycles. The van der Waals surface area contributed by atoms with Crippen LogP contribution in [-0.2, 0) is 4.79 Å². The van der Waals surface area contributed by atoms with Gasteiger partial charge in [-0.2, -0.15) is 13.2 Å². The summed E-state index contributed by atoms with van der Waals surface area (Å²) in [6.45, 7) is 0.863. The highest BCUT2D eigenvalue weighted by atomic mass is 19.4. The van der Waals surface area contributed by atoms with Crippen molar-refractivity contribution in [3.05, 3.63) is 23.8 Å². The summed E-state index contributed by atoms with van der Waals surface area (Å²) in [5.74, 6) is 0.804. The molecule has 1 atom stereocenters. The Hall–Kier alpha value is -1.92. The first kappa shape index (κ1) is 17.4. The third-order valence-corrected chi connectivity index (χ3v) is 4.04. The van der Waals surface area contributed by atoms with Crippen molar-refractivity contribution in [3.63, 3.8) is 0 Å².